The minimum absolute atomic E-state index is 0.219. The zero-order valence-corrected chi connectivity index (χ0v) is 15.5. The van der Waals surface area contributed by atoms with Gasteiger partial charge in [-0.05, 0) is 37.3 Å². The molecule has 1 aromatic carbocycles. The minimum Gasteiger partial charge on any atom is -0.298 e. The molecule has 0 N–H and O–H groups in total. The second-order valence-electron chi connectivity index (χ2n) is 7.81. The Morgan fingerprint density at radius 3 is 2.59 bits per heavy atom. The number of hydrogen-bond acceptors (Lipinski definition) is 5. The summed E-state index contributed by atoms with van der Waals surface area (Å²) in [7, 11) is 1.91. The van der Waals surface area contributed by atoms with Crippen molar-refractivity contribution in [2.24, 2.45) is 7.05 Å². The molecule has 3 aromatic rings. The summed E-state index contributed by atoms with van der Waals surface area (Å²) in [6, 6.07) is 7.36. The van der Waals surface area contributed by atoms with Crippen LogP contribution < -0.4 is 0 Å². The van der Waals surface area contributed by atoms with E-state index in [4.69, 9.17) is 0 Å². The summed E-state index contributed by atoms with van der Waals surface area (Å²) in [6.07, 6.45) is 11.0. The van der Waals surface area contributed by atoms with E-state index in [-0.39, 0.29) is 5.78 Å². The van der Waals surface area contributed by atoms with Crippen molar-refractivity contribution in [3.63, 3.8) is 0 Å². The van der Waals surface area contributed by atoms with Crippen LogP contribution in [0, 0.1) is 0 Å². The van der Waals surface area contributed by atoms with Crippen molar-refractivity contribution in [3.8, 4) is 11.1 Å². The predicted molar refractivity (Wildman–Crippen MR) is 103 cm³/mol. The molecule has 0 spiro atoms. The normalized spacial score (nSPS) is 22.0. The Balaban J connectivity index is 1.35. The quantitative estimate of drug-likeness (QED) is 0.699. The molecular weight excluding hydrogens is 338 g/mol. The number of fused-ring (bicyclic) bond motifs is 3. The number of aromatic nitrogens is 4. The van der Waals surface area contributed by atoms with Crippen LogP contribution in [0.25, 0.3) is 22.0 Å². The SMILES string of the molecule is Cn1cc(-c2ccc3cnc(CC(=O)CN4C5CCC4CC5)nc3c2)cn1. The van der Waals surface area contributed by atoms with Crippen LogP contribution in [0.4, 0.5) is 0 Å². The van der Waals surface area contributed by atoms with Gasteiger partial charge >= 0.3 is 0 Å². The van der Waals surface area contributed by atoms with Gasteiger partial charge < -0.3 is 0 Å². The monoisotopic (exact) mass is 361 g/mol. The van der Waals surface area contributed by atoms with Crippen LogP contribution in [-0.4, -0.2) is 49.1 Å². The standard InChI is InChI=1S/C21H23N5O/c1-25-12-16(11-23-25)14-2-3-15-10-22-21(24-20(15)8-14)9-19(27)13-26-17-4-5-18(26)7-6-17/h2-3,8,10-12,17-18H,4-7,9,13H2,1H3. The molecule has 0 amide bonds. The average molecular weight is 361 g/mol. The van der Waals surface area contributed by atoms with E-state index in [0.29, 0.717) is 30.9 Å². The van der Waals surface area contributed by atoms with Gasteiger partial charge in [0.25, 0.3) is 0 Å². The number of rotatable bonds is 5. The molecule has 6 nitrogen and oxygen atoms in total. The van der Waals surface area contributed by atoms with Gasteiger partial charge in [-0.1, -0.05) is 12.1 Å². The number of carbonyl (C=O) groups excluding carboxylic acids is 1. The number of Topliss-reactive ketones (excluding diaryl/α,β-unsaturated/α-hetero) is 1. The summed E-state index contributed by atoms with van der Waals surface area (Å²) in [4.78, 5) is 24.1. The number of hydrogen-bond donors (Lipinski definition) is 0. The highest BCUT2D eigenvalue weighted by Crippen LogP contribution is 2.37. The van der Waals surface area contributed by atoms with Crippen molar-refractivity contribution >= 4 is 16.7 Å². The van der Waals surface area contributed by atoms with Crippen LogP contribution in [0.1, 0.15) is 31.5 Å². The van der Waals surface area contributed by atoms with E-state index in [9.17, 15) is 4.79 Å². The molecule has 5 rings (SSSR count). The van der Waals surface area contributed by atoms with Gasteiger partial charge in [-0.15, -0.1) is 0 Å². The number of nitrogens with zero attached hydrogens (tertiary/aromatic N) is 5. The molecule has 2 fully saturated rings. The summed E-state index contributed by atoms with van der Waals surface area (Å²) < 4.78 is 1.79. The first-order chi connectivity index (χ1) is 13.2. The Morgan fingerprint density at radius 1 is 1.11 bits per heavy atom. The summed E-state index contributed by atoms with van der Waals surface area (Å²) >= 11 is 0. The lowest BCUT2D eigenvalue weighted by molar-refractivity contribution is -0.120. The van der Waals surface area contributed by atoms with Gasteiger partial charge in [0.2, 0.25) is 0 Å². The van der Waals surface area contributed by atoms with E-state index in [1.807, 2.05) is 37.8 Å². The molecule has 0 saturated carbocycles. The zero-order valence-electron chi connectivity index (χ0n) is 15.5. The van der Waals surface area contributed by atoms with Gasteiger partial charge in [0.15, 0.2) is 5.78 Å². The second kappa shape index (κ2) is 6.53. The van der Waals surface area contributed by atoms with Crippen LogP contribution >= 0.6 is 0 Å². The van der Waals surface area contributed by atoms with Gasteiger partial charge in [0, 0.05) is 42.5 Å². The Bertz CT molecular complexity index is 991. The van der Waals surface area contributed by atoms with Gasteiger partial charge in [-0.25, -0.2) is 9.97 Å². The molecule has 27 heavy (non-hydrogen) atoms. The maximum Gasteiger partial charge on any atom is 0.154 e. The smallest absolute Gasteiger partial charge is 0.154 e. The Labute approximate surface area is 158 Å². The van der Waals surface area contributed by atoms with Gasteiger partial charge in [-0.2, -0.15) is 5.10 Å². The number of aryl methyl sites for hydroxylation is 1. The molecule has 2 saturated heterocycles. The van der Waals surface area contributed by atoms with E-state index in [2.05, 4.69) is 26.0 Å². The first-order valence-electron chi connectivity index (χ1n) is 9.68. The molecule has 0 radical (unpaired) electrons. The van der Waals surface area contributed by atoms with E-state index in [1.165, 1.54) is 25.7 Å². The average Bonchev–Trinajstić information content (AvgIpc) is 3.37. The summed E-state index contributed by atoms with van der Waals surface area (Å²) in [6.45, 7) is 0.548. The lowest BCUT2D eigenvalue weighted by Crippen LogP contribution is -2.34. The molecule has 2 aliphatic rings. The van der Waals surface area contributed by atoms with Crippen molar-refractivity contribution < 1.29 is 4.79 Å². The molecule has 0 atom stereocenters. The summed E-state index contributed by atoms with van der Waals surface area (Å²) in [5.74, 6) is 0.832. The van der Waals surface area contributed by atoms with Crippen LogP contribution in [0.15, 0.2) is 36.8 Å². The highest BCUT2D eigenvalue weighted by Gasteiger charge is 2.39. The van der Waals surface area contributed by atoms with E-state index in [1.54, 1.807) is 4.68 Å². The highest BCUT2D eigenvalue weighted by atomic mass is 16.1. The van der Waals surface area contributed by atoms with E-state index >= 15 is 0 Å². The van der Waals surface area contributed by atoms with Crippen molar-refractivity contribution in [2.75, 3.05) is 6.54 Å². The Hall–Kier alpha value is -2.60. The molecule has 138 valence electrons. The molecule has 4 heterocycles. The largest absolute Gasteiger partial charge is 0.298 e. The van der Waals surface area contributed by atoms with E-state index < -0.39 is 0 Å². The molecule has 2 aromatic heterocycles. The third-order valence-electron chi connectivity index (χ3n) is 5.99. The predicted octanol–water partition coefficient (Wildman–Crippen LogP) is 2.77. The van der Waals surface area contributed by atoms with E-state index in [0.717, 1.165) is 22.0 Å². The minimum atomic E-state index is 0.219. The molecule has 2 aliphatic heterocycles. The van der Waals surface area contributed by atoms with Crippen LogP contribution in [0.3, 0.4) is 0 Å². The van der Waals surface area contributed by atoms with Crippen molar-refractivity contribution in [1.29, 1.82) is 0 Å². The molecule has 2 bridgehead atoms. The fraction of sp³-hybridized carbons (Fsp3) is 0.429. The first kappa shape index (κ1) is 16.6. The summed E-state index contributed by atoms with van der Waals surface area (Å²) in [5.41, 5.74) is 3.00. The number of ketones is 1. The zero-order chi connectivity index (χ0) is 18.4. The number of benzene rings is 1. The topological polar surface area (TPSA) is 63.9 Å². The fourth-order valence-corrected chi connectivity index (χ4v) is 4.61. The summed E-state index contributed by atoms with van der Waals surface area (Å²) in [5, 5.41) is 5.21. The van der Waals surface area contributed by atoms with Crippen molar-refractivity contribution in [3.05, 3.63) is 42.6 Å². The molecule has 0 unspecified atom stereocenters. The third kappa shape index (κ3) is 3.14. The van der Waals surface area contributed by atoms with Gasteiger partial charge in [0.1, 0.15) is 5.82 Å². The van der Waals surface area contributed by atoms with Crippen LogP contribution in [0.2, 0.25) is 0 Å². The van der Waals surface area contributed by atoms with Crippen molar-refractivity contribution in [2.45, 2.75) is 44.2 Å². The number of carbonyl (C=O) groups is 1. The van der Waals surface area contributed by atoms with Gasteiger partial charge in [-0.3, -0.25) is 14.4 Å². The maximum absolute atomic E-state index is 12.6. The van der Waals surface area contributed by atoms with Gasteiger partial charge in [0.05, 0.1) is 24.7 Å². The fourth-order valence-electron chi connectivity index (χ4n) is 4.61. The molecule has 0 aliphatic carbocycles. The maximum atomic E-state index is 12.6. The second-order valence-corrected chi connectivity index (χ2v) is 7.81. The van der Waals surface area contributed by atoms with Crippen LogP contribution in [0.5, 0.6) is 0 Å². The first-order valence-corrected chi connectivity index (χ1v) is 9.68. The molecular formula is C21H23N5O. The molecule has 6 heteroatoms. The lowest BCUT2D eigenvalue weighted by atomic mass is 10.0. The van der Waals surface area contributed by atoms with Crippen LogP contribution in [-0.2, 0) is 18.3 Å². The lowest BCUT2D eigenvalue weighted by Gasteiger charge is -2.20. The Morgan fingerprint density at radius 2 is 1.89 bits per heavy atom. The Kier molecular flexibility index (Phi) is 4.01. The highest BCUT2D eigenvalue weighted by molar-refractivity contribution is 5.85. The van der Waals surface area contributed by atoms with Crippen molar-refractivity contribution in [1.82, 2.24) is 24.6 Å². The third-order valence-corrected chi connectivity index (χ3v) is 5.99.